The smallest absolute Gasteiger partial charge is 0.311 e. The summed E-state index contributed by atoms with van der Waals surface area (Å²) in [4.78, 5) is 15.9. The molecule has 0 aromatic heterocycles. The van der Waals surface area contributed by atoms with Crippen LogP contribution in [0.25, 0.3) is 0 Å². The van der Waals surface area contributed by atoms with Crippen molar-refractivity contribution in [3.05, 3.63) is 0 Å². The third-order valence-corrected chi connectivity index (χ3v) is 1.68. The van der Waals surface area contributed by atoms with Crippen LogP contribution in [0.2, 0.25) is 0 Å². The van der Waals surface area contributed by atoms with E-state index in [1.54, 1.807) is 6.92 Å². The van der Waals surface area contributed by atoms with Crippen molar-refractivity contribution in [1.82, 2.24) is 0 Å². The van der Waals surface area contributed by atoms with E-state index >= 15 is 0 Å². The fourth-order valence-electron chi connectivity index (χ4n) is 0.893. The van der Waals surface area contributed by atoms with Gasteiger partial charge in [0, 0.05) is 5.41 Å². The van der Waals surface area contributed by atoms with Crippen LogP contribution in [0.4, 0.5) is 0 Å². The van der Waals surface area contributed by atoms with Gasteiger partial charge in [-0.2, -0.15) is 0 Å². The summed E-state index contributed by atoms with van der Waals surface area (Å²) in [6, 6.07) is 0. The molecule has 0 aliphatic carbocycles. The van der Waals surface area contributed by atoms with Crippen molar-refractivity contribution >= 4 is 11.7 Å². The average molecular weight is 201 g/mol. The molecular weight excluding hydrogens is 182 g/mol. The lowest BCUT2D eigenvalue weighted by Gasteiger charge is -2.19. The van der Waals surface area contributed by atoms with Gasteiger partial charge >= 0.3 is 5.97 Å². The summed E-state index contributed by atoms with van der Waals surface area (Å²) in [6.07, 6.45) is 0.186. The third-order valence-electron chi connectivity index (χ3n) is 1.68. The summed E-state index contributed by atoms with van der Waals surface area (Å²) in [5.41, 5.74) is 0.515. The number of nitrogens with zero attached hydrogens (tertiary/aromatic N) is 1. The Kier molecular flexibility index (Phi) is 5.20. The Morgan fingerprint density at radius 2 is 1.93 bits per heavy atom. The van der Waals surface area contributed by atoms with Crippen molar-refractivity contribution in [2.75, 3.05) is 13.7 Å². The number of ether oxygens (including phenoxy) is 1. The molecule has 0 bridgehead atoms. The molecule has 0 aliphatic heterocycles. The predicted molar refractivity (Wildman–Crippen MR) is 55.1 cm³/mol. The maximum absolute atomic E-state index is 11.2. The largest absolute Gasteiger partial charge is 0.466 e. The maximum atomic E-state index is 11.2. The van der Waals surface area contributed by atoms with E-state index < -0.39 is 0 Å². The van der Waals surface area contributed by atoms with E-state index in [0.29, 0.717) is 12.3 Å². The number of hydrogen-bond donors (Lipinski definition) is 0. The molecule has 0 radical (unpaired) electrons. The second-order valence-corrected chi connectivity index (χ2v) is 3.95. The molecule has 0 fully saturated rings. The molecule has 0 aromatic carbocycles. The highest BCUT2D eigenvalue weighted by Gasteiger charge is 2.23. The number of esters is 1. The zero-order valence-electron chi connectivity index (χ0n) is 9.59. The Morgan fingerprint density at radius 3 is 2.29 bits per heavy atom. The van der Waals surface area contributed by atoms with Crippen LogP contribution in [0.15, 0.2) is 5.16 Å². The first kappa shape index (κ1) is 12.9. The molecule has 0 spiro atoms. The van der Waals surface area contributed by atoms with Crippen molar-refractivity contribution in [1.29, 1.82) is 0 Å². The molecule has 14 heavy (non-hydrogen) atoms. The Hall–Kier alpha value is -1.06. The van der Waals surface area contributed by atoms with Crippen molar-refractivity contribution < 1.29 is 14.4 Å². The quantitative estimate of drug-likeness (QED) is 0.397. The van der Waals surface area contributed by atoms with E-state index in [0.717, 1.165) is 0 Å². The van der Waals surface area contributed by atoms with E-state index in [1.165, 1.54) is 7.11 Å². The fourth-order valence-corrected chi connectivity index (χ4v) is 0.893. The van der Waals surface area contributed by atoms with Crippen LogP contribution in [-0.2, 0) is 14.4 Å². The molecule has 82 valence electrons. The molecule has 0 N–H and O–H groups in total. The molecule has 0 heterocycles. The summed E-state index contributed by atoms with van der Waals surface area (Å²) < 4.78 is 4.84. The van der Waals surface area contributed by atoms with Gasteiger partial charge in [0.2, 0.25) is 0 Å². The molecule has 0 rings (SSSR count). The summed E-state index contributed by atoms with van der Waals surface area (Å²) >= 11 is 0. The SMILES string of the molecule is CCOC(=O)C/C(=N\OC)C(C)(C)C. The minimum absolute atomic E-state index is 0.178. The van der Waals surface area contributed by atoms with Gasteiger partial charge in [-0.3, -0.25) is 4.79 Å². The van der Waals surface area contributed by atoms with E-state index in [-0.39, 0.29) is 17.8 Å². The molecule has 0 saturated carbocycles. The molecule has 0 aromatic rings. The van der Waals surface area contributed by atoms with Gasteiger partial charge in [-0.1, -0.05) is 25.9 Å². The summed E-state index contributed by atoms with van der Waals surface area (Å²) in [7, 11) is 1.47. The van der Waals surface area contributed by atoms with Gasteiger partial charge < -0.3 is 9.57 Å². The molecule has 0 aliphatic rings. The molecule has 0 saturated heterocycles. The van der Waals surface area contributed by atoms with Crippen molar-refractivity contribution in [3.63, 3.8) is 0 Å². The predicted octanol–water partition coefficient (Wildman–Crippen LogP) is 1.99. The molecule has 4 heteroatoms. The standard InChI is InChI=1S/C10H19NO3/c1-6-14-9(12)7-8(11-13-5)10(2,3)4/h6-7H2,1-5H3/b11-8+. The fraction of sp³-hybridized carbons (Fsp3) is 0.800. The van der Waals surface area contributed by atoms with Crippen LogP contribution in [0.5, 0.6) is 0 Å². The van der Waals surface area contributed by atoms with Crippen LogP contribution in [0, 0.1) is 5.41 Å². The summed E-state index contributed by atoms with van der Waals surface area (Å²) in [6.45, 7) is 8.10. The van der Waals surface area contributed by atoms with Crippen LogP contribution in [0.1, 0.15) is 34.1 Å². The second-order valence-electron chi connectivity index (χ2n) is 3.95. The van der Waals surface area contributed by atoms with Gasteiger partial charge in [0.1, 0.15) is 7.11 Å². The monoisotopic (exact) mass is 201 g/mol. The zero-order chi connectivity index (χ0) is 11.2. The van der Waals surface area contributed by atoms with Crippen LogP contribution in [0.3, 0.4) is 0 Å². The molecule has 0 amide bonds. The Labute approximate surface area is 85.3 Å². The Balaban J connectivity index is 4.40. The van der Waals surface area contributed by atoms with Gasteiger partial charge in [0.05, 0.1) is 18.7 Å². The van der Waals surface area contributed by atoms with Crippen LogP contribution >= 0.6 is 0 Å². The topological polar surface area (TPSA) is 47.9 Å². The van der Waals surface area contributed by atoms with E-state index in [4.69, 9.17) is 4.74 Å². The zero-order valence-corrected chi connectivity index (χ0v) is 9.59. The highest BCUT2D eigenvalue weighted by molar-refractivity contribution is 6.01. The number of carbonyl (C=O) groups excluding carboxylic acids is 1. The van der Waals surface area contributed by atoms with Gasteiger partial charge in [-0.15, -0.1) is 0 Å². The highest BCUT2D eigenvalue weighted by atomic mass is 16.6. The first-order valence-electron chi connectivity index (χ1n) is 4.68. The van der Waals surface area contributed by atoms with Gasteiger partial charge in [-0.25, -0.2) is 0 Å². The lowest BCUT2D eigenvalue weighted by molar-refractivity contribution is -0.141. The van der Waals surface area contributed by atoms with Crippen LogP contribution < -0.4 is 0 Å². The second kappa shape index (κ2) is 5.62. The number of oxime groups is 1. The maximum Gasteiger partial charge on any atom is 0.311 e. The van der Waals surface area contributed by atoms with Crippen molar-refractivity contribution in [3.8, 4) is 0 Å². The first-order chi connectivity index (χ1) is 6.41. The van der Waals surface area contributed by atoms with Gasteiger partial charge in [0.25, 0.3) is 0 Å². The normalized spacial score (nSPS) is 12.5. The Morgan fingerprint density at radius 1 is 1.36 bits per heavy atom. The van der Waals surface area contributed by atoms with Gasteiger partial charge in [0.15, 0.2) is 0 Å². The summed E-state index contributed by atoms with van der Waals surface area (Å²) in [5, 5.41) is 3.83. The lowest BCUT2D eigenvalue weighted by atomic mass is 9.88. The van der Waals surface area contributed by atoms with E-state index in [2.05, 4.69) is 9.99 Å². The molecule has 0 unspecified atom stereocenters. The first-order valence-corrected chi connectivity index (χ1v) is 4.68. The summed E-state index contributed by atoms with van der Waals surface area (Å²) in [5.74, 6) is -0.266. The number of rotatable bonds is 4. The minimum Gasteiger partial charge on any atom is -0.466 e. The minimum atomic E-state index is -0.266. The molecular formula is C10H19NO3. The highest BCUT2D eigenvalue weighted by Crippen LogP contribution is 2.19. The number of hydrogen-bond acceptors (Lipinski definition) is 4. The van der Waals surface area contributed by atoms with Crippen LogP contribution in [-0.4, -0.2) is 25.4 Å². The van der Waals surface area contributed by atoms with Gasteiger partial charge in [-0.05, 0) is 6.92 Å². The average Bonchev–Trinajstić information content (AvgIpc) is 2.02. The molecule has 0 atom stereocenters. The van der Waals surface area contributed by atoms with Crippen molar-refractivity contribution in [2.45, 2.75) is 34.1 Å². The molecule has 4 nitrogen and oxygen atoms in total. The third kappa shape index (κ3) is 4.84. The lowest BCUT2D eigenvalue weighted by Crippen LogP contribution is -2.24. The number of carbonyl (C=O) groups is 1. The van der Waals surface area contributed by atoms with E-state index in [1.807, 2.05) is 20.8 Å². The van der Waals surface area contributed by atoms with E-state index in [9.17, 15) is 4.79 Å². The Bertz CT molecular complexity index is 216. The van der Waals surface area contributed by atoms with Crippen molar-refractivity contribution in [2.24, 2.45) is 10.6 Å².